The second kappa shape index (κ2) is 4.80. The Morgan fingerprint density at radius 2 is 2.19 bits per heavy atom. The van der Waals surface area contributed by atoms with E-state index in [9.17, 15) is 4.39 Å². The van der Waals surface area contributed by atoms with Crippen molar-refractivity contribution in [3.8, 4) is 5.75 Å². The molecule has 1 fully saturated rings. The second-order valence-electron chi connectivity index (χ2n) is 4.12. The summed E-state index contributed by atoms with van der Waals surface area (Å²) in [4.78, 5) is 0. The lowest BCUT2D eigenvalue weighted by Crippen LogP contribution is -2.41. The fourth-order valence-electron chi connectivity index (χ4n) is 1.72. The number of rotatable bonds is 4. The van der Waals surface area contributed by atoms with Crippen LogP contribution in [0.15, 0.2) is 18.2 Å². The van der Waals surface area contributed by atoms with Gasteiger partial charge in [0.2, 0.25) is 0 Å². The Morgan fingerprint density at radius 1 is 1.44 bits per heavy atom. The summed E-state index contributed by atoms with van der Waals surface area (Å²) in [7, 11) is 1.51. The van der Waals surface area contributed by atoms with E-state index >= 15 is 0 Å². The molecule has 0 aromatic heterocycles. The number of methoxy groups -OCH3 is 1. The van der Waals surface area contributed by atoms with Gasteiger partial charge in [0.15, 0.2) is 0 Å². The van der Waals surface area contributed by atoms with E-state index in [0.717, 1.165) is 12.8 Å². The summed E-state index contributed by atoms with van der Waals surface area (Å²) in [5.74, 6) is 0.231. The van der Waals surface area contributed by atoms with Crippen LogP contribution in [0, 0.1) is 5.82 Å². The van der Waals surface area contributed by atoms with Gasteiger partial charge in [-0.05, 0) is 18.9 Å². The number of benzene rings is 1. The highest BCUT2D eigenvalue weighted by Gasteiger charge is 2.26. The zero-order valence-electron chi connectivity index (χ0n) is 9.28. The number of hydrogen-bond donors (Lipinski definition) is 1. The molecule has 88 valence electrons. The largest absolute Gasteiger partial charge is 0.497 e. The van der Waals surface area contributed by atoms with Gasteiger partial charge in [-0.2, -0.15) is 0 Å². The van der Waals surface area contributed by atoms with Crippen molar-refractivity contribution in [2.45, 2.75) is 31.6 Å². The summed E-state index contributed by atoms with van der Waals surface area (Å²) in [6, 6.07) is 5.04. The molecule has 2 rings (SSSR count). The fourth-order valence-corrected chi connectivity index (χ4v) is 1.72. The molecule has 4 heteroatoms. The van der Waals surface area contributed by atoms with E-state index < -0.39 is 0 Å². The Hall–Kier alpha value is -1.13. The van der Waals surface area contributed by atoms with E-state index in [0.29, 0.717) is 17.9 Å². The average Bonchev–Trinajstić information content (AvgIpc) is 2.24. The fraction of sp³-hybridized carbons (Fsp3) is 0.500. The van der Waals surface area contributed by atoms with Crippen LogP contribution in [0.1, 0.15) is 18.4 Å². The van der Waals surface area contributed by atoms with Gasteiger partial charge < -0.3 is 15.2 Å². The van der Waals surface area contributed by atoms with Crippen molar-refractivity contribution in [2.75, 3.05) is 7.11 Å². The molecule has 0 bridgehead atoms. The molecule has 0 saturated heterocycles. The topological polar surface area (TPSA) is 44.5 Å². The van der Waals surface area contributed by atoms with Gasteiger partial charge in [-0.25, -0.2) is 4.39 Å². The van der Waals surface area contributed by atoms with E-state index in [1.165, 1.54) is 13.2 Å². The lowest BCUT2D eigenvalue weighted by Gasteiger charge is -2.32. The molecule has 2 N–H and O–H groups in total. The van der Waals surface area contributed by atoms with E-state index in [-0.39, 0.29) is 18.0 Å². The molecule has 0 amide bonds. The summed E-state index contributed by atoms with van der Waals surface area (Å²) >= 11 is 0. The maximum absolute atomic E-state index is 13.5. The Morgan fingerprint density at radius 3 is 2.75 bits per heavy atom. The third-order valence-electron chi connectivity index (χ3n) is 2.87. The van der Waals surface area contributed by atoms with Crippen LogP contribution in [-0.2, 0) is 11.3 Å². The van der Waals surface area contributed by atoms with E-state index in [2.05, 4.69) is 0 Å². The normalized spacial score (nSPS) is 23.9. The van der Waals surface area contributed by atoms with E-state index in [1.54, 1.807) is 12.1 Å². The first-order valence-corrected chi connectivity index (χ1v) is 5.38. The van der Waals surface area contributed by atoms with Gasteiger partial charge in [0.05, 0.1) is 19.8 Å². The van der Waals surface area contributed by atoms with Gasteiger partial charge in [-0.3, -0.25) is 0 Å². The predicted molar refractivity (Wildman–Crippen MR) is 58.7 cm³/mol. The van der Waals surface area contributed by atoms with Gasteiger partial charge in [0.1, 0.15) is 11.6 Å². The summed E-state index contributed by atoms with van der Waals surface area (Å²) in [5, 5.41) is 0. The standard InChI is InChI=1S/C12H16FNO2/c1-15-10-3-2-8(12(13)6-10)7-16-11-4-9(14)5-11/h2-3,6,9,11H,4-5,7,14H2,1H3. The molecule has 1 saturated carbocycles. The molecule has 1 aromatic rings. The van der Waals surface area contributed by atoms with Crippen LogP contribution in [0.4, 0.5) is 4.39 Å². The van der Waals surface area contributed by atoms with Crippen LogP contribution in [0.3, 0.4) is 0 Å². The third-order valence-corrected chi connectivity index (χ3v) is 2.87. The number of halogens is 1. The minimum atomic E-state index is -0.289. The molecular weight excluding hydrogens is 209 g/mol. The van der Waals surface area contributed by atoms with Crippen LogP contribution in [0.2, 0.25) is 0 Å². The molecule has 0 aliphatic heterocycles. The van der Waals surface area contributed by atoms with Crippen molar-refractivity contribution in [1.82, 2.24) is 0 Å². The van der Waals surface area contributed by atoms with Crippen LogP contribution >= 0.6 is 0 Å². The molecule has 3 nitrogen and oxygen atoms in total. The molecule has 0 heterocycles. The minimum absolute atomic E-state index is 0.191. The van der Waals surface area contributed by atoms with Gasteiger partial charge in [-0.15, -0.1) is 0 Å². The number of nitrogens with two attached hydrogens (primary N) is 1. The van der Waals surface area contributed by atoms with Crippen molar-refractivity contribution in [3.05, 3.63) is 29.6 Å². The highest BCUT2D eigenvalue weighted by Crippen LogP contribution is 2.24. The van der Waals surface area contributed by atoms with Crippen molar-refractivity contribution < 1.29 is 13.9 Å². The lowest BCUT2D eigenvalue weighted by molar-refractivity contribution is -0.0198. The predicted octanol–water partition coefficient (Wildman–Crippen LogP) is 1.84. The molecule has 0 spiro atoms. The molecule has 0 atom stereocenters. The Balaban J connectivity index is 1.89. The quantitative estimate of drug-likeness (QED) is 0.850. The molecule has 0 unspecified atom stereocenters. The molecule has 1 aliphatic carbocycles. The Labute approximate surface area is 94.3 Å². The first-order chi connectivity index (χ1) is 7.69. The van der Waals surface area contributed by atoms with Gasteiger partial charge >= 0.3 is 0 Å². The lowest BCUT2D eigenvalue weighted by atomic mass is 9.90. The van der Waals surface area contributed by atoms with Crippen LogP contribution in [0.5, 0.6) is 5.75 Å². The Bertz CT molecular complexity index is 364. The van der Waals surface area contributed by atoms with Crippen LogP contribution in [-0.4, -0.2) is 19.3 Å². The van der Waals surface area contributed by atoms with Gasteiger partial charge in [0, 0.05) is 17.7 Å². The Kier molecular flexibility index (Phi) is 3.41. The van der Waals surface area contributed by atoms with Crippen molar-refractivity contribution in [2.24, 2.45) is 5.73 Å². The summed E-state index contributed by atoms with van der Waals surface area (Å²) in [5.41, 5.74) is 6.19. The summed E-state index contributed by atoms with van der Waals surface area (Å²) in [6.45, 7) is 0.299. The average molecular weight is 225 g/mol. The maximum atomic E-state index is 13.5. The molecule has 0 radical (unpaired) electrons. The maximum Gasteiger partial charge on any atom is 0.132 e. The molecule has 16 heavy (non-hydrogen) atoms. The summed E-state index contributed by atoms with van der Waals surface area (Å²) in [6.07, 6.45) is 1.94. The van der Waals surface area contributed by atoms with Gasteiger partial charge in [-0.1, -0.05) is 6.07 Å². The van der Waals surface area contributed by atoms with Gasteiger partial charge in [0.25, 0.3) is 0 Å². The molecule has 1 aliphatic rings. The summed E-state index contributed by atoms with van der Waals surface area (Å²) < 4.78 is 24.0. The minimum Gasteiger partial charge on any atom is -0.497 e. The second-order valence-corrected chi connectivity index (χ2v) is 4.12. The van der Waals surface area contributed by atoms with Crippen molar-refractivity contribution in [3.63, 3.8) is 0 Å². The monoisotopic (exact) mass is 225 g/mol. The van der Waals surface area contributed by atoms with Crippen LogP contribution < -0.4 is 10.5 Å². The highest BCUT2D eigenvalue weighted by molar-refractivity contribution is 5.28. The highest BCUT2D eigenvalue weighted by atomic mass is 19.1. The van der Waals surface area contributed by atoms with Crippen molar-refractivity contribution in [1.29, 1.82) is 0 Å². The first-order valence-electron chi connectivity index (χ1n) is 5.38. The SMILES string of the molecule is COc1ccc(COC2CC(N)C2)c(F)c1. The van der Waals surface area contributed by atoms with E-state index in [1.807, 2.05) is 0 Å². The first kappa shape index (κ1) is 11.4. The van der Waals surface area contributed by atoms with E-state index in [4.69, 9.17) is 15.2 Å². The zero-order valence-corrected chi connectivity index (χ0v) is 9.28. The molecule has 1 aromatic carbocycles. The zero-order chi connectivity index (χ0) is 11.5. The number of ether oxygens (including phenoxy) is 2. The van der Waals surface area contributed by atoms with Crippen molar-refractivity contribution >= 4 is 0 Å². The molecular formula is C12H16FNO2. The third kappa shape index (κ3) is 2.51. The smallest absolute Gasteiger partial charge is 0.132 e. The number of hydrogen-bond acceptors (Lipinski definition) is 3. The van der Waals surface area contributed by atoms with Crippen LogP contribution in [0.25, 0.3) is 0 Å².